The molecule has 0 radical (unpaired) electrons. The number of carbonyl (C=O) groups is 3. The maximum absolute atomic E-state index is 12.6. The lowest BCUT2D eigenvalue weighted by atomic mass is 9.93. The van der Waals surface area contributed by atoms with Crippen molar-refractivity contribution < 1.29 is 14.4 Å². The van der Waals surface area contributed by atoms with Crippen LogP contribution in [0.2, 0.25) is 0 Å². The summed E-state index contributed by atoms with van der Waals surface area (Å²) in [6.07, 6.45) is 3.96. The Kier molecular flexibility index (Phi) is 4.47. The Morgan fingerprint density at radius 1 is 1.20 bits per heavy atom. The number of benzene rings is 1. The lowest BCUT2D eigenvalue weighted by Gasteiger charge is -2.21. The van der Waals surface area contributed by atoms with E-state index in [1.54, 1.807) is 19.1 Å². The van der Waals surface area contributed by atoms with E-state index in [4.69, 9.17) is 0 Å². The molecular weight excluding hydrogens is 320 g/mol. The largest absolute Gasteiger partial charge is 0.344 e. The third-order valence-corrected chi connectivity index (χ3v) is 4.15. The van der Waals surface area contributed by atoms with E-state index in [2.05, 4.69) is 15.7 Å². The summed E-state index contributed by atoms with van der Waals surface area (Å²) in [7, 11) is 0. The Labute approximate surface area is 145 Å². The second kappa shape index (κ2) is 6.72. The number of nitrogens with zero attached hydrogens (tertiary/aromatic N) is 2. The molecule has 4 amide bonds. The van der Waals surface area contributed by atoms with Crippen molar-refractivity contribution in [3.8, 4) is 0 Å². The smallest absolute Gasteiger partial charge is 0.322 e. The first-order valence-corrected chi connectivity index (χ1v) is 7.91. The molecule has 1 aliphatic rings. The van der Waals surface area contributed by atoms with Gasteiger partial charge in [0.15, 0.2) is 0 Å². The van der Waals surface area contributed by atoms with Crippen LogP contribution in [0.3, 0.4) is 0 Å². The number of imide groups is 1. The van der Waals surface area contributed by atoms with Crippen molar-refractivity contribution in [3.05, 3.63) is 66.0 Å². The van der Waals surface area contributed by atoms with E-state index >= 15 is 0 Å². The van der Waals surface area contributed by atoms with Gasteiger partial charge in [0.2, 0.25) is 0 Å². The molecule has 7 nitrogen and oxygen atoms in total. The molecule has 1 aliphatic heterocycles. The van der Waals surface area contributed by atoms with Gasteiger partial charge in [0.25, 0.3) is 11.8 Å². The van der Waals surface area contributed by atoms with Crippen molar-refractivity contribution in [2.45, 2.75) is 25.3 Å². The van der Waals surface area contributed by atoms with Crippen LogP contribution in [-0.2, 0) is 11.2 Å². The monoisotopic (exact) mass is 338 g/mol. The molecule has 2 aromatic rings. The average Bonchev–Trinajstić information content (AvgIpc) is 2.85. The van der Waals surface area contributed by atoms with Crippen LogP contribution in [-0.4, -0.2) is 33.4 Å². The number of hydrogen-bond donors (Lipinski definition) is 2. The molecular formula is C18H18N4O3. The van der Waals surface area contributed by atoms with Gasteiger partial charge in [-0.05, 0) is 37.5 Å². The topological polar surface area (TPSA) is 91.4 Å². The van der Waals surface area contributed by atoms with Gasteiger partial charge in [-0.2, -0.15) is 5.01 Å². The van der Waals surface area contributed by atoms with Gasteiger partial charge in [0.1, 0.15) is 5.54 Å². The Balaban J connectivity index is 1.68. The molecule has 1 fully saturated rings. The molecule has 2 N–H and O–H groups in total. The van der Waals surface area contributed by atoms with Gasteiger partial charge in [0, 0.05) is 12.4 Å². The highest BCUT2D eigenvalue weighted by Gasteiger charge is 2.48. The fraction of sp³-hybridized carbons (Fsp3) is 0.222. The summed E-state index contributed by atoms with van der Waals surface area (Å²) in [6, 6.07) is 12.2. The Morgan fingerprint density at radius 3 is 2.64 bits per heavy atom. The average molecular weight is 338 g/mol. The van der Waals surface area contributed by atoms with Crippen molar-refractivity contribution in [3.63, 3.8) is 0 Å². The van der Waals surface area contributed by atoms with Gasteiger partial charge in [-0.1, -0.05) is 30.3 Å². The second-order valence-electron chi connectivity index (χ2n) is 6.07. The van der Waals surface area contributed by atoms with Crippen LogP contribution in [0.25, 0.3) is 0 Å². The Bertz CT molecular complexity index is 794. The Hall–Kier alpha value is -3.22. The van der Waals surface area contributed by atoms with Gasteiger partial charge >= 0.3 is 6.03 Å². The summed E-state index contributed by atoms with van der Waals surface area (Å²) >= 11 is 0. The van der Waals surface area contributed by atoms with Crippen LogP contribution in [0.1, 0.15) is 29.3 Å². The standard InChI is InChI=1S/C18H18N4O3/c1-18(10-9-13-6-3-2-4-7-13)16(24)22(17(25)20-18)21-15(23)14-8-5-11-19-12-14/h2-8,11-12H,9-10H2,1H3,(H,20,25)(H,21,23). The number of pyridine rings is 1. The fourth-order valence-corrected chi connectivity index (χ4v) is 2.66. The van der Waals surface area contributed by atoms with Crippen molar-refractivity contribution in [1.29, 1.82) is 0 Å². The lowest BCUT2D eigenvalue weighted by molar-refractivity contribution is -0.132. The van der Waals surface area contributed by atoms with Crippen molar-refractivity contribution in [2.75, 3.05) is 0 Å². The zero-order chi connectivity index (χ0) is 17.9. The summed E-state index contributed by atoms with van der Waals surface area (Å²) < 4.78 is 0. The van der Waals surface area contributed by atoms with E-state index in [-0.39, 0.29) is 5.56 Å². The maximum Gasteiger partial charge on any atom is 0.344 e. The van der Waals surface area contributed by atoms with Gasteiger partial charge < -0.3 is 5.32 Å². The third-order valence-electron chi connectivity index (χ3n) is 4.15. The van der Waals surface area contributed by atoms with Crippen LogP contribution in [0, 0.1) is 0 Å². The number of carbonyl (C=O) groups excluding carboxylic acids is 3. The molecule has 0 aliphatic carbocycles. The summed E-state index contributed by atoms with van der Waals surface area (Å²) in [5.41, 5.74) is 2.62. The van der Waals surface area contributed by atoms with Crippen LogP contribution in [0.4, 0.5) is 4.79 Å². The maximum atomic E-state index is 12.6. The SMILES string of the molecule is CC1(CCc2ccccc2)NC(=O)N(NC(=O)c2cccnc2)C1=O. The van der Waals surface area contributed by atoms with Gasteiger partial charge in [-0.25, -0.2) is 4.79 Å². The van der Waals surface area contributed by atoms with E-state index in [9.17, 15) is 14.4 Å². The Morgan fingerprint density at radius 2 is 1.96 bits per heavy atom. The molecule has 0 spiro atoms. The summed E-state index contributed by atoms with van der Waals surface area (Å²) in [6.45, 7) is 1.66. The van der Waals surface area contributed by atoms with Crippen molar-refractivity contribution in [2.24, 2.45) is 0 Å². The van der Waals surface area contributed by atoms with Gasteiger partial charge in [-0.15, -0.1) is 0 Å². The van der Waals surface area contributed by atoms with E-state index in [1.165, 1.54) is 12.4 Å². The molecule has 0 bridgehead atoms. The molecule has 1 atom stereocenters. The molecule has 7 heteroatoms. The molecule has 1 unspecified atom stereocenters. The normalized spacial score (nSPS) is 19.6. The molecule has 1 aromatic carbocycles. The first kappa shape index (κ1) is 16.6. The highest BCUT2D eigenvalue weighted by Crippen LogP contribution is 2.22. The first-order valence-electron chi connectivity index (χ1n) is 7.91. The minimum Gasteiger partial charge on any atom is -0.322 e. The predicted molar refractivity (Wildman–Crippen MR) is 90.2 cm³/mol. The lowest BCUT2D eigenvalue weighted by Crippen LogP contribution is -2.49. The fourth-order valence-electron chi connectivity index (χ4n) is 2.66. The summed E-state index contributed by atoms with van der Waals surface area (Å²) in [5, 5.41) is 3.40. The molecule has 0 saturated carbocycles. The van der Waals surface area contributed by atoms with E-state index < -0.39 is 23.4 Å². The highest BCUT2D eigenvalue weighted by atomic mass is 16.2. The zero-order valence-electron chi connectivity index (χ0n) is 13.7. The molecule has 25 heavy (non-hydrogen) atoms. The number of urea groups is 1. The number of aromatic nitrogens is 1. The van der Waals surface area contributed by atoms with Crippen LogP contribution < -0.4 is 10.7 Å². The van der Waals surface area contributed by atoms with Crippen LogP contribution in [0.15, 0.2) is 54.9 Å². The summed E-state index contributed by atoms with van der Waals surface area (Å²) in [5.74, 6) is -1.05. The van der Waals surface area contributed by atoms with Gasteiger partial charge in [-0.3, -0.25) is 20.0 Å². The van der Waals surface area contributed by atoms with E-state index in [0.717, 1.165) is 10.6 Å². The number of rotatable bonds is 5. The molecule has 1 saturated heterocycles. The van der Waals surface area contributed by atoms with Crippen molar-refractivity contribution >= 4 is 17.8 Å². The van der Waals surface area contributed by atoms with E-state index in [1.807, 2.05) is 30.3 Å². The zero-order valence-corrected chi connectivity index (χ0v) is 13.7. The second-order valence-corrected chi connectivity index (χ2v) is 6.07. The minimum atomic E-state index is -1.06. The number of hydrogen-bond acceptors (Lipinski definition) is 4. The van der Waals surface area contributed by atoms with Gasteiger partial charge in [0.05, 0.1) is 5.56 Å². The van der Waals surface area contributed by atoms with Crippen LogP contribution >= 0.6 is 0 Å². The predicted octanol–water partition coefficient (Wildman–Crippen LogP) is 1.67. The first-order chi connectivity index (χ1) is 12.0. The number of amides is 4. The molecule has 128 valence electrons. The van der Waals surface area contributed by atoms with E-state index in [0.29, 0.717) is 12.8 Å². The summed E-state index contributed by atoms with van der Waals surface area (Å²) in [4.78, 5) is 40.8. The molecule has 2 heterocycles. The minimum absolute atomic E-state index is 0.265. The highest BCUT2D eigenvalue weighted by molar-refractivity contribution is 6.09. The van der Waals surface area contributed by atoms with Crippen molar-refractivity contribution in [1.82, 2.24) is 20.7 Å². The number of hydrazine groups is 1. The number of aryl methyl sites for hydroxylation is 1. The van der Waals surface area contributed by atoms with Crippen LogP contribution in [0.5, 0.6) is 0 Å². The molecule has 1 aromatic heterocycles. The quantitative estimate of drug-likeness (QED) is 0.811. The third kappa shape index (κ3) is 3.50. The molecule has 3 rings (SSSR count). The number of nitrogens with one attached hydrogen (secondary N) is 2.